The zero-order valence-electron chi connectivity index (χ0n) is 35.9. The molecule has 362 valence electrons. The normalized spacial score (nSPS) is 39.9. The number of nitrogens with one attached hydrogen (secondary N) is 2. The van der Waals surface area contributed by atoms with Crippen molar-refractivity contribution in [3.8, 4) is 0 Å². The van der Waals surface area contributed by atoms with Crippen molar-refractivity contribution in [1.82, 2.24) is 10.3 Å². The fourth-order valence-corrected chi connectivity index (χ4v) is 10.3. The number of carboxylic acid groups (broad SMARTS) is 1. The molecule has 0 spiro atoms. The van der Waals surface area contributed by atoms with Gasteiger partial charge in [0, 0.05) is 65.2 Å². The molecule has 1 saturated carbocycles. The molecule has 11 N–H and O–H groups in total. The molecule has 8 rings (SSSR count). The first-order chi connectivity index (χ1) is 31.6. The number of aromatic amines is 1. The van der Waals surface area contributed by atoms with Gasteiger partial charge in [-0.1, -0.05) is 19.1 Å². The third kappa shape index (κ3) is 8.75. The molecule has 0 bridgehead atoms. The van der Waals surface area contributed by atoms with Crippen LogP contribution in [0.2, 0.25) is 0 Å². The summed E-state index contributed by atoms with van der Waals surface area (Å²) in [6.07, 6.45) is -15.0. The zero-order chi connectivity index (χ0) is 47.3. The lowest BCUT2D eigenvalue weighted by atomic mass is 9.78. The SMILES string of the molecule is C=C[C@H]1[C@H](O[C@@H]2O[C@H](CO)[C@@H](O)[C@H](O)[C@H]2O)OC=C(C(=O)O[C@H]2C[C@@H]3C(C(=O)OC)=CO[C@@H](O[C@@H]4O[C@H](CO)[C@@H](O)[C@H](O)[C@H]4O)[C@@H]3[C@H]2C)[C@@H]1C[C@@H]1Cc2[nH]c3cccc(C(=O)O)c3c2CN1. The Kier molecular flexibility index (Phi) is 14.2. The van der Waals surface area contributed by atoms with Crippen LogP contribution >= 0.6 is 0 Å². The van der Waals surface area contributed by atoms with Gasteiger partial charge in [0.2, 0.25) is 12.6 Å². The average Bonchev–Trinajstić information content (AvgIpc) is 3.85. The van der Waals surface area contributed by atoms with Gasteiger partial charge in [0.15, 0.2) is 12.6 Å². The smallest absolute Gasteiger partial charge is 0.337 e. The molecule has 1 aromatic carbocycles. The number of rotatable bonds is 13. The van der Waals surface area contributed by atoms with Gasteiger partial charge in [-0.15, -0.1) is 6.58 Å². The Bertz CT molecular complexity index is 2190. The highest BCUT2D eigenvalue weighted by molar-refractivity contribution is 6.05. The van der Waals surface area contributed by atoms with Gasteiger partial charge in [-0.05, 0) is 30.5 Å². The molecule has 3 fully saturated rings. The van der Waals surface area contributed by atoms with Crippen LogP contribution in [0.25, 0.3) is 10.9 Å². The predicted molar refractivity (Wildman–Crippen MR) is 220 cm³/mol. The molecule has 22 nitrogen and oxygen atoms in total. The highest BCUT2D eigenvalue weighted by atomic mass is 16.8. The predicted octanol–water partition coefficient (Wildman–Crippen LogP) is -1.84. The molecular weight excluding hydrogens is 876 g/mol. The van der Waals surface area contributed by atoms with Crippen LogP contribution in [0.4, 0.5) is 0 Å². The van der Waals surface area contributed by atoms with Gasteiger partial charge in [-0.3, -0.25) is 0 Å². The number of fused-ring (bicyclic) bond motifs is 4. The average molecular weight is 933 g/mol. The minimum atomic E-state index is -1.77. The quantitative estimate of drug-likeness (QED) is 0.0776. The maximum Gasteiger partial charge on any atom is 0.337 e. The van der Waals surface area contributed by atoms with E-state index in [-0.39, 0.29) is 42.1 Å². The summed E-state index contributed by atoms with van der Waals surface area (Å²) < 4.78 is 46.4. The van der Waals surface area contributed by atoms with Crippen molar-refractivity contribution < 1.29 is 98.2 Å². The van der Waals surface area contributed by atoms with Gasteiger partial charge in [-0.25, -0.2) is 14.4 Å². The second-order valence-corrected chi connectivity index (χ2v) is 17.6. The maximum atomic E-state index is 14.6. The van der Waals surface area contributed by atoms with E-state index in [0.29, 0.717) is 17.3 Å². The van der Waals surface area contributed by atoms with Crippen molar-refractivity contribution in [1.29, 1.82) is 0 Å². The summed E-state index contributed by atoms with van der Waals surface area (Å²) in [5, 5.41) is 96.7. The molecular formula is C44H56N2O20. The monoisotopic (exact) mass is 932 g/mol. The number of ether oxygens (including phenoxy) is 8. The summed E-state index contributed by atoms with van der Waals surface area (Å²) in [7, 11) is 1.19. The number of aliphatic hydroxyl groups excluding tert-OH is 8. The molecule has 1 aromatic heterocycles. The van der Waals surface area contributed by atoms with Crippen LogP contribution in [0.3, 0.4) is 0 Å². The molecule has 5 aliphatic heterocycles. The van der Waals surface area contributed by atoms with Crippen molar-refractivity contribution in [2.24, 2.45) is 29.6 Å². The molecule has 0 amide bonds. The molecule has 66 heavy (non-hydrogen) atoms. The minimum absolute atomic E-state index is 0.0575. The Labute approximate surface area is 376 Å². The Balaban J connectivity index is 1.06. The third-order valence-corrected chi connectivity index (χ3v) is 13.9. The van der Waals surface area contributed by atoms with E-state index in [1.807, 2.05) is 0 Å². The lowest BCUT2D eigenvalue weighted by Gasteiger charge is -2.43. The van der Waals surface area contributed by atoms with Crippen LogP contribution in [0, 0.1) is 29.6 Å². The van der Waals surface area contributed by atoms with Crippen LogP contribution in [0.5, 0.6) is 0 Å². The van der Waals surface area contributed by atoms with Gasteiger partial charge in [-0.2, -0.15) is 0 Å². The third-order valence-electron chi connectivity index (χ3n) is 13.9. The molecule has 0 unspecified atom stereocenters. The number of esters is 2. The van der Waals surface area contributed by atoms with Crippen LogP contribution in [-0.2, 0) is 60.4 Å². The molecule has 0 radical (unpaired) electrons. The summed E-state index contributed by atoms with van der Waals surface area (Å²) >= 11 is 0. The number of carbonyl (C=O) groups excluding carboxylic acids is 2. The van der Waals surface area contributed by atoms with E-state index in [2.05, 4.69) is 16.9 Å². The van der Waals surface area contributed by atoms with E-state index in [4.69, 9.17) is 37.9 Å². The number of methoxy groups -OCH3 is 1. The van der Waals surface area contributed by atoms with Gasteiger partial charge in [0.05, 0.1) is 49.6 Å². The van der Waals surface area contributed by atoms with Crippen molar-refractivity contribution in [3.05, 3.63) is 71.3 Å². The van der Waals surface area contributed by atoms with Crippen LogP contribution in [0.1, 0.15) is 41.4 Å². The molecule has 6 aliphatic rings. The highest BCUT2D eigenvalue weighted by Crippen LogP contribution is 2.50. The fourth-order valence-electron chi connectivity index (χ4n) is 10.3. The molecule has 2 saturated heterocycles. The number of hydrogen-bond donors (Lipinski definition) is 11. The topological polar surface area (TPSA) is 335 Å². The van der Waals surface area contributed by atoms with E-state index in [9.17, 15) is 60.3 Å². The Morgan fingerprint density at radius 1 is 0.833 bits per heavy atom. The van der Waals surface area contributed by atoms with Crippen LogP contribution in [0.15, 0.2) is 54.5 Å². The standard InChI is InChI=1S/C44H56N2O20/c1-4-18-20(8-17-9-26-22(11-45-17)31-19(38(55)56)6-5-7-25(31)46-26)23(14-60-41(18)65-43-36(53)34(51)32(49)28(12-47)63-43)40(58)62-27-10-21-24(39(57)59-3)15-61-42(30(21)16(27)2)66-44-37(54)35(52)33(50)29(13-48)64-44/h4-7,14-18,20-21,27-30,32-37,41-54H,1,8-13H2,2-3H3,(H,55,56)/t16-,17+,18+,20+,21+,27-,28+,29+,30+,32+,33+,34-,35-,36+,37+,41-,42-,43-,44-/m0/s1. The van der Waals surface area contributed by atoms with E-state index < -0.39 is 141 Å². The first kappa shape index (κ1) is 47.9. The Morgan fingerprint density at radius 3 is 2.06 bits per heavy atom. The van der Waals surface area contributed by atoms with Crippen LogP contribution < -0.4 is 5.32 Å². The first-order valence-electron chi connectivity index (χ1n) is 21.7. The summed E-state index contributed by atoms with van der Waals surface area (Å²) in [6.45, 7) is 4.63. The molecule has 2 aromatic rings. The second kappa shape index (κ2) is 19.6. The number of carbonyl (C=O) groups is 3. The molecule has 19 atom stereocenters. The summed E-state index contributed by atoms with van der Waals surface area (Å²) in [5.74, 6) is -6.28. The van der Waals surface area contributed by atoms with Crippen LogP contribution in [-0.4, -0.2) is 175 Å². The Hall–Kier alpha value is -4.53. The lowest BCUT2D eigenvalue weighted by Crippen LogP contribution is -2.60. The van der Waals surface area contributed by atoms with E-state index in [1.54, 1.807) is 19.1 Å². The van der Waals surface area contributed by atoms with Crippen molar-refractivity contribution in [2.75, 3.05) is 20.3 Å². The Morgan fingerprint density at radius 2 is 1.45 bits per heavy atom. The molecule has 22 heteroatoms. The maximum absolute atomic E-state index is 14.6. The molecule has 6 heterocycles. The fraction of sp³-hybridized carbons (Fsp3) is 0.614. The lowest BCUT2D eigenvalue weighted by molar-refractivity contribution is -0.342. The number of hydrogen-bond acceptors (Lipinski definition) is 20. The van der Waals surface area contributed by atoms with E-state index >= 15 is 0 Å². The summed E-state index contributed by atoms with van der Waals surface area (Å²) in [5.41, 5.74) is 2.57. The van der Waals surface area contributed by atoms with Crippen molar-refractivity contribution >= 4 is 28.8 Å². The van der Waals surface area contributed by atoms with Gasteiger partial charge < -0.3 is 94.2 Å². The van der Waals surface area contributed by atoms with Gasteiger partial charge >= 0.3 is 17.9 Å². The second-order valence-electron chi connectivity index (χ2n) is 17.6. The largest absolute Gasteiger partial charge is 0.478 e. The number of aromatic carboxylic acids is 1. The zero-order valence-corrected chi connectivity index (χ0v) is 35.9. The highest BCUT2D eigenvalue weighted by Gasteiger charge is 2.56. The van der Waals surface area contributed by atoms with Crippen molar-refractivity contribution in [3.63, 3.8) is 0 Å². The number of aliphatic hydroxyl groups is 8. The van der Waals surface area contributed by atoms with E-state index in [1.165, 1.54) is 25.5 Å². The first-order valence-corrected chi connectivity index (χ1v) is 21.7. The van der Waals surface area contributed by atoms with E-state index in [0.717, 1.165) is 17.5 Å². The minimum Gasteiger partial charge on any atom is -0.478 e. The summed E-state index contributed by atoms with van der Waals surface area (Å²) in [6, 6.07) is 4.64. The number of carboxylic acids is 1. The summed E-state index contributed by atoms with van der Waals surface area (Å²) in [4.78, 5) is 43.1. The van der Waals surface area contributed by atoms with Gasteiger partial charge in [0.1, 0.15) is 54.9 Å². The number of H-pyrrole nitrogens is 1. The van der Waals surface area contributed by atoms with Crippen molar-refractivity contribution in [2.45, 2.75) is 119 Å². The number of benzene rings is 1. The molecule has 1 aliphatic carbocycles. The number of aromatic nitrogens is 1. The van der Waals surface area contributed by atoms with Gasteiger partial charge in [0.25, 0.3) is 0 Å².